The van der Waals surface area contributed by atoms with E-state index in [4.69, 9.17) is 14.2 Å². The SMILES string of the molecule is COc1c2c(cc3c1[C@H](C[C@@](C)(NC=O)C(=O)CC1CCCC1)[NH+](C)CC3)OCO2. The molecule has 1 amide bonds. The fourth-order valence-corrected chi connectivity index (χ4v) is 5.39. The van der Waals surface area contributed by atoms with E-state index >= 15 is 0 Å². The van der Waals surface area contributed by atoms with Crippen molar-refractivity contribution >= 4 is 12.2 Å². The van der Waals surface area contributed by atoms with Crippen LogP contribution >= 0.6 is 0 Å². The second-order valence-corrected chi connectivity index (χ2v) is 9.19. The second-order valence-electron chi connectivity index (χ2n) is 9.19. The Labute approximate surface area is 178 Å². The predicted molar refractivity (Wildman–Crippen MR) is 111 cm³/mol. The van der Waals surface area contributed by atoms with Crippen molar-refractivity contribution in [2.75, 3.05) is 27.5 Å². The molecule has 0 spiro atoms. The predicted octanol–water partition coefficient (Wildman–Crippen LogP) is 1.58. The van der Waals surface area contributed by atoms with E-state index in [2.05, 4.69) is 12.4 Å². The molecular weight excluding hydrogens is 384 g/mol. The molecule has 0 aromatic heterocycles. The number of ketones is 1. The minimum Gasteiger partial charge on any atom is -0.492 e. The molecule has 7 heteroatoms. The third-order valence-corrected chi connectivity index (χ3v) is 7.23. The molecule has 0 radical (unpaired) electrons. The second kappa shape index (κ2) is 8.46. The van der Waals surface area contributed by atoms with Crippen molar-refractivity contribution in [2.45, 2.75) is 63.5 Å². The van der Waals surface area contributed by atoms with Crippen LogP contribution in [0.4, 0.5) is 0 Å². The van der Waals surface area contributed by atoms with Gasteiger partial charge in [0.2, 0.25) is 19.0 Å². The molecule has 3 aliphatic rings. The quantitative estimate of drug-likeness (QED) is 0.628. The summed E-state index contributed by atoms with van der Waals surface area (Å²) in [6.07, 6.45) is 7.24. The highest BCUT2D eigenvalue weighted by Gasteiger charge is 2.44. The van der Waals surface area contributed by atoms with Crippen molar-refractivity contribution in [1.29, 1.82) is 0 Å². The lowest BCUT2D eigenvalue weighted by atomic mass is 9.79. The number of likely N-dealkylation sites (N-methyl/N-ethyl adjacent to an activating group) is 1. The number of methoxy groups -OCH3 is 1. The Morgan fingerprint density at radius 1 is 1.37 bits per heavy atom. The molecule has 2 heterocycles. The summed E-state index contributed by atoms with van der Waals surface area (Å²) in [6.45, 7) is 3.00. The Morgan fingerprint density at radius 2 is 2.13 bits per heavy atom. The maximum absolute atomic E-state index is 13.3. The van der Waals surface area contributed by atoms with E-state index in [1.807, 2.05) is 13.0 Å². The first-order chi connectivity index (χ1) is 14.5. The zero-order valence-corrected chi connectivity index (χ0v) is 18.2. The summed E-state index contributed by atoms with van der Waals surface area (Å²) < 4.78 is 17.1. The third-order valence-electron chi connectivity index (χ3n) is 7.23. The van der Waals surface area contributed by atoms with E-state index in [1.54, 1.807) is 7.11 Å². The lowest BCUT2D eigenvalue weighted by molar-refractivity contribution is -0.915. The Kier molecular flexibility index (Phi) is 5.91. The molecule has 1 unspecified atom stereocenters. The molecule has 164 valence electrons. The van der Waals surface area contributed by atoms with Crippen molar-refractivity contribution in [3.8, 4) is 17.2 Å². The van der Waals surface area contributed by atoms with Gasteiger partial charge >= 0.3 is 0 Å². The van der Waals surface area contributed by atoms with Gasteiger partial charge in [0.25, 0.3) is 0 Å². The summed E-state index contributed by atoms with van der Waals surface area (Å²) in [6, 6.07) is 2.05. The van der Waals surface area contributed by atoms with Crippen LogP contribution in [-0.4, -0.2) is 45.2 Å². The van der Waals surface area contributed by atoms with Gasteiger partial charge in [0.1, 0.15) is 11.6 Å². The number of fused-ring (bicyclic) bond motifs is 2. The molecule has 2 aliphatic heterocycles. The summed E-state index contributed by atoms with van der Waals surface area (Å²) in [5.41, 5.74) is 1.33. The Hall–Kier alpha value is -2.28. The van der Waals surface area contributed by atoms with E-state index in [1.165, 1.54) is 23.3 Å². The molecule has 7 nitrogen and oxygen atoms in total. The van der Waals surface area contributed by atoms with Crippen molar-refractivity contribution in [1.82, 2.24) is 5.32 Å². The van der Waals surface area contributed by atoms with E-state index in [0.717, 1.165) is 37.1 Å². The monoisotopic (exact) mass is 417 g/mol. The largest absolute Gasteiger partial charge is 0.492 e. The number of hydrogen-bond acceptors (Lipinski definition) is 5. The molecule has 1 aliphatic carbocycles. The van der Waals surface area contributed by atoms with Gasteiger partial charge in [-0.3, -0.25) is 9.59 Å². The van der Waals surface area contributed by atoms with Gasteiger partial charge in [-0.2, -0.15) is 0 Å². The zero-order chi connectivity index (χ0) is 21.3. The number of quaternary nitrogens is 1. The van der Waals surface area contributed by atoms with Crippen LogP contribution in [0.2, 0.25) is 0 Å². The maximum Gasteiger partial charge on any atom is 0.231 e. The molecule has 1 aromatic carbocycles. The number of amides is 1. The number of hydrogen-bond donors (Lipinski definition) is 2. The summed E-state index contributed by atoms with van der Waals surface area (Å²) in [4.78, 5) is 26.1. The number of carbonyl (C=O) groups excluding carboxylic acids is 2. The van der Waals surface area contributed by atoms with Crippen molar-refractivity contribution in [3.05, 3.63) is 17.2 Å². The molecule has 0 saturated heterocycles. The number of carbonyl (C=O) groups is 2. The van der Waals surface area contributed by atoms with Crippen LogP contribution in [-0.2, 0) is 16.0 Å². The summed E-state index contributed by atoms with van der Waals surface area (Å²) >= 11 is 0. The van der Waals surface area contributed by atoms with Gasteiger partial charge in [-0.05, 0) is 24.5 Å². The molecule has 1 fully saturated rings. The zero-order valence-electron chi connectivity index (χ0n) is 18.2. The standard InChI is InChI=1S/C23H32N2O5/c1-23(24-13-26,19(27)10-15-6-4-5-7-15)12-17-20-16(8-9-25(17)2)11-18-21(22(20)28-3)30-14-29-18/h11,13,15,17H,4-10,12,14H2,1-3H3,(H,24,26)/p+1/t17-,23+/m0/s1. The molecule has 30 heavy (non-hydrogen) atoms. The summed E-state index contributed by atoms with van der Waals surface area (Å²) in [5, 5.41) is 2.88. The van der Waals surface area contributed by atoms with Crippen LogP contribution in [0.1, 0.15) is 62.6 Å². The first-order valence-corrected chi connectivity index (χ1v) is 11.0. The van der Waals surface area contributed by atoms with Gasteiger partial charge in [0.05, 0.1) is 26.3 Å². The molecule has 3 atom stereocenters. The van der Waals surface area contributed by atoms with Crippen LogP contribution in [0.5, 0.6) is 17.2 Å². The normalized spacial score (nSPS) is 24.8. The summed E-state index contributed by atoms with van der Waals surface area (Å²) in [5.74, 6) is 2.62. The average Bonchev–Trinajstić information content (AvgIpc) is 3.40. The summed E-state index contributed by atoms with van der Waals surface area (Å²) in [7, 11) is 3.78. The highest BCUT2D eigenvalue weighted by molar-refractivity contribution is 5.90. The topological polar surface area (TPSA) is 78.3 Å². The van der Waals surface area contributed by atoms with E-state index in [9.17, 15) is 9.59 Å². The highest BCUT2D eigenvalue weighted by atomic mass is 16.7. The van der Waals surface area contributed by atoms with Crippen molar-refractivity contribution in [3.63, 3.8) is 0 Å². The number of ether oxygens (including phenoxy) is 3. The van der Waals surface area contributed by atoms with E-state index in [-0.39, 0.29) is 18.6 Å². The van der Waals surface area contributed by atoms with Gasteiger partial charge in [-0.15, -0.1) is 0 Å². The number of rotatable bonds is 8. The first-order valence-electron chi connectivity index (χ1n) is 11.0. The lowest BCUT2D eigenvalue weighted by Crippen LogP contribution is -3.10. The van der Waals surface area contributed by atoms with E-state index < -0.39 is 5.54 Å². The molecular formula is C23H33N2O5+. The van der Waals surface area contributed by atoms with Gasteiger partial charge in [0, 0.05) is 19.3 Å². The minimum absolute atomic E-state index is 0.00294. The van der Waals surface area contributed by atoms with Crippen LogP contribution in [0, 0.1) is 5.92 Å². The van der Waals surface area contributed by atoms with Crippen LogP contribution in [0.15, 0.2) is 6.07 Å². The number of nitrogens with one attached hydrogen (secondary N) is 2. The minimum atomic E-state index is -0.910. The number of benzene rings is 1. The molecule has 4 rings (SSSR count). The Morgan fingerprint density at radius 3 is 2.83 bits per heavy atom. The van der Waals surface area contributed by atoms with Gasteiger partial charge < -0.3 is 24.4 Å². The molecule has 2 N–H and O–H groups in total. The van der Waals surface area contributed by atoms with Crippen LogP contribution in [0.25, 0.3) is 0 Å². The average molecular weight is 418 g/mol. The van der Waals surface area contributed by atoms with Gasteiger partial charge in [-0.25, -0.2) is 0 Å². The van der Waals surface area contributed by atoms with Gasteiger partial charge in [0.15, 0.2) is 17.3 Å². The van der Waals surface area contributed by atoms with Gasteiger partial charge in [-0.1, -0.05) is 25.7 Å². The third kappa shape index (κ3) is 3.75. The lowest BCUT2D eigenvalue weighted by Gasteiger charge is -2.38. The fourth-order valence-electron chi connectivity index (χ4n) is 5.39. The Bertz CT molecular complexity index is 820. The smallest absolute Gasteiger partial charge is 0.231 e. The van der Waals surface area contributed by atoms with E-state index in [0.29, 0.717) is 36.7 Å². The van der Waals surface area contributed by atoms with Crippen molar-refractivity contribution in [2.24, 2.45) is 5.92 Å². The maximum atomic E-state index is 13.3. The van der Waals surface area contributed by atoms with Crippen LogP contribution < -0.4 is 24.4 Å². The number of Topliss-reactive ketones (excluding diaryl/α,β-unsaturated/α-hetero) is 1. The highest BCUT2D eigenvalue weighted by Crippen LogP contribution is 2.48. The van der Waals surface area contributed by atoms with Crippen LogP contribution in [0.3, 0.4) is 0 Å². The van der Waals surface area contributed by atoms with Crippen molar-refractivity contribution < 1.29 is 28.7 Å². The molecule has 0 bridgehead atoms. The fraction of sp³-hybridized carbons (Fsp3) is 0.652. The molecule has 1 saturated carbocycles. The molecule has 1 aromatic rings. The Balaban J connectivity index is 1.67. The first kappa shape index (κ1) is 21.0.